The molecule has 0 unspecified atom stereocenters. The second-order valence-electron chi connectivity index (χ2n) is 5.72. The van der Waals surface area contributed by atoms with Gasteiger partial charge in [0.1, 0.15) is 11.5 Å². The Kier molecular flexibility index (Phi) is 6.13. The molecule has 0 bridgehead atoms. The molecule has 0 aliphatic rings. The molecule has 0 aliphatic heterocycles. The third-order valence-corrected chi connectivity index (χ3v) is 3.79. The smallest absolute Gasteiger partial charge is 0.343 e. The number of aromatic hydroxyl groups is 1. The standard InChI is InChI=1S/C20H22O4/c1-3-5-14-7-9-15(10-8-14)20(23)24-19-12-17(13-21)18(22)11-16(19)6-4-2/h7-13,22H,3-6H2,1-2H3. The third kappa shape index (κ3) is 4.22. The molecule has 2 rings (SSSR count). The molecule has 0 radical (unpaired) electrons. The first-order valence-corrected chi connectivity index (χ1v) is 8.21. The topological polar surface area (TPSA) is 63.6 Å². The van der Waals surface area contributed by atoms with Crippen LogP contribution in [0.4, 0.5) is 0 Å². The molecule has 0 heterocycles. The molecule has 4 heteroatoms. The van der Waals surface area contributed by atoms with Gasteiger partial charge in [-0.2, -0.15) is 0 Å². The van der Waals surface area contributed by atoms with Crippen molar-refractivity contribution in [3.05, 3.63) is 58.7 Å². The van der Waals surface area contributed by atoms with Crippen LogP contribution in [-0.2, 0) is 12.8 Å². The van der Waals surface area contributed by atoms with Gasteiger partial charge in [-0.05, 0) is 48.2 Å². The molecule has 0 atom stereocenters. The maximum absolute atomic E-state index is 12.4. The number of aldehydes is 1. The van der Waals surface area contributed by atoms with E-state index in [9.17, 15) is 14.7 Å². The second-order valence-corrected chi connectivity index (χ2v) is 5.72. The fourth-order valence-electron chi connectivity index (χ4n) is 2.54. The summed E-state index contributed by atoms with van der Waals surface area (Å²) in [6.07, 6.45) is 4.03. The Bertz CT molecular complexity index is 717. The summed E-state index contributed by atoms with van der Waals surface area (Å²) in [7, 11) is 0. The monoisotopic (exact) mass is 326 g/mol. The van der Waals surface area contributed by atoms with Gasteiger partial charge < -0.3 is 9.84 Å². The Labute approximate surface area is 142 Å². The molecule has 2 aromatic rings. The minimum Gasteiger partial charge on any atom is -0.507 e. The fraction of sp³-hybridized carbons (Fsp3) is 0.300. The summed E-state index contributed by atoms with van der Waals surface area (Å²) in [5, 5.41) is 9.80. The van der Waals surface area contributed by atoms with E-state index in [1.165, 1.54) is 17.7 Å². The summed E-state index contributed by atoms with van der Waals surface area (Å²) in [5.74, 6) is -0.255. The van der Waals surface area contributed by atoms with Crippen LogP contribution in [0.15, 0.2) is 36.4 Å². The van der Waals surface area contributed by atoms with Crippen molar-refractivity contribution in [3.8, 4) is 11.5 Å². The lowest BCUT2D eigenvalue weighted by atomic mass is 10.1. The van der Waals surface area contributed by atoms with Gasteiger partial charge in [-0.15, -0.1) is 0 Å². The number of carbonyl (C=O) groups excluding carboxylic acids is 2. The zero-order chi connectivity index (χ0) is 17.5. The van der Waals surface area contributed by atoms with Crippen molar-refractivity contribution in [2.75, 3.05) is 0 Å². The van der Waals surface area contributed by atoms with Gasteiger partial charge in [-0.3, -0.25) is 4.79 Å². The Balaban J connectivity index is 2.25. The summed E-state index contributed by atoms with van der Waals surface area (Å²) in [4.78, 5) is 23.4. The number of phenolic OH excluding ortho intramolecular Hbond substituents is 1. The summed E-state index contributed by atoms with van der Waals surface area (Å²) in [6, 6.07) is 10.2. The van der Waals surface area contributed by atoms with Crippen LogP contribution < -0.4 is 4.74 Å². The number of hydrogen-bond donors (Lipinski definition) is 1. The Morgan fingerprint density at radius 2 is 1.75 bits per heavy atom. The molecule has 24 heavy (non-hydrogen) atoms. The van der Waals surface area contributed by atoms with Gasteiger partial charge in [0.25, 0.3) is 0 Å². The van der Waals surface area contributed by atoms with Crippen LogP contribution in [0.3, 0.4) is 0 Å². The van der Waals surface area contributed by atoms with Crippen LogP contribution in [-0.4, -0.2) is 17.4 Å². The van der Waals surface area contributed by atoms with Crippen molar-refractivity contribution in [1.82, 2.24) is 0 Å². The van der Waals surface area contributed by atoms with Crippen molar-refractivity contribution in [2.45, 2.75) is 39.5 Å². The molecule has 0 aliphatic carbocycles. The maximum atomic E-state index is 12.4. The highest BCUT2D eigenvalue weighted by Gasteiger charge is 2.15. The molecule has 0 saturated heterocycles. The SMILES string of the molecule is CCCc1ccc(C(=O)Oc2cc(C=O)c(O)cc2CCC)cc1. The average Bonchev–Trinajstić information content (AvgIpc) is 2.58. The lowest BCUT2D eigenvalue weighted by Gasteiger charge is -2.12. The van der Waals surface area contributed by atoms with Gasteiger partial charge in [0, 0.05) is 0 Å². The Morgan fingerprint density at radius 3 is 2.33 bits per heavy atom. The number of phenols is 1. The minimum atomic E-state index is -0.474. The van der Waals surface area contributed by atoms with Gasteiger partial charge in [-0.1, -0.05) is 38.8 Å². The van der Waals surface area contributed by atoms with E-state index in [2.05, 4.69) is 6.92 Å². The second kappa shape index (κ2) is 8.29. The van der Waals surface area contributed by atoms with Gasteiger partial charge in [-0.25, -0.2) is 4.79 Å². The predicted molar refractivity (Wildman–Crippen MR) is 92.9 cm³/mol. The number of benzene rings is 2. The van der Waals surface area contributed by atoms with Crippen LogP contribution in [0.2, 0.25) is 0 Å². The van der Waals surface area contributed by atoms with E-state index >= 15 is 0 Å². The number of ether oxygens (including phenoxy) is 1. The van der Waals surface area contributed by atoms with Gasteiger partial charge in [0.15, 0.2) is 6.29 Å². The van der Waals surface area contributed by atoms with Gasteiger partial charge >= 0.3 is 5.97 Å². The normalized spacial score (nSPS) is 10.4. The first kappa shape index (κ1) is 17.7. The third-order valence-electron chi connectivity index (χ3n) is 3.79. The molecular formula is C20H22O4. The zero-order valence-electron chi connectivity index (χ0n) is 14.0. The summed E-state index contributed by atoms with van der Waals surface area (Å²) >= 11 is 0. The van der Waals surface area contributed by atoms with E-state index in [0.29, 0.717) is 29.6 Å². The van der Waals surface area contributed by atoms with E-state index < -0.39 is 5.97 Å². The van der Waals surface area contributed by atoms with Crippen molar-refractivity contribution in [1.29, 1.82) is 0 Å². The Hall–Kier alpha value is -2.62. The lowest BCUT2D eigenvalue weighted by Crippen LogP contribution is -2.10. The summed E-state index contributed by atoms with van der Waals surface area (Å²) < 4.78 is 5.47. The first-order valence-electron chi connectivity index (χ1n) is 8.21. The maximum Gasteiger partial charge on any atom is 0.343 e. The highest BCUT2D eigenvalue weighted by molar-refractivity contribution is 5.91. The van der Waals surface area contributed by atoms with Crippen LogP contribution in [0, 0.1) is 0 Å². The first-order chi connectivity index (χ1) is 11.6. The van der Waals surface area contributed by atoms with E-state index in [-0.39, 0.29) is 11.3 Å². The molecule has 0 saturated carbocycles. The molecule has 2 aromatic carbocycles. The number of hydrogen-bond acceptors (Lipinski definition) is 4. The number of esters is 1. The van der Waals surface area contributed by atoms with Gasteiger partial charge in [0.05, 0.1) is 11.1 Å². The molecule has 0 fully saturated rings. The Morgan fingerprint density at radius 1 is 1.08 bits per heavy atom. The molecule has 0 amide bonds. The number of carbonyl (C=O) groups is 2. The van der Waals surface area contributed by atoms with Crippen molar-refractivity contribution >= 4 is 12.3 Å². The quantitative estimate of drug-likeness (QED) is 0.467. The molecule has 0 spiro atoms. The van der Waals surface area contributed by atoms with Crippen LogP contribution >= 0.6 is 0 Å². The molecule has 4 nitrogen and oxygen atoms in total. The number of rotatable bonds is 7. The van der Waals surface area contributed by atoms with E-state index in [4.69, 9.17) is 4.74 Å². The fourth-order valence-corrected chi connectivity index (χ4v) is 2.54. The summed E-state index contributed by atoms with van der Waals surface area (Å²) in [5.41, 5.74) is 2.44. The molecule has 0 aromatic heterocycles. The van der Waals surface area contributed by atoms with Crippen molar-refractivity contribution in [3.63, 3.8) is 0 Å². The average molecular weight is 326 g/mol. The van der Waals surface area contributed by atoms with Crippen molar-refractivity contribution in [2.24, 2.45) is 0 Å². The molecule has 1 N–H and O–H groups in total. The van der Waals surface area contributed by atoms with Crippen LogP contribution in [0.5, 0.6) is 11.5 Å². The van der Waals surface area contributed by atoms with E-state index in [1.807, 2.05) is 19.1 Å². The lowest BCUT2D eigenvalue weighted by molar-refractivity contribution is 0.0732. The van der Waals surface area contributed by atoms with Gasteiger partial charge in [0.2, 0.25) is 0 Å². The van der Waals surface area contributed by atoms with E-state index in [1.54, 1.807) is 12.1 Å². The highest BCUT2D eigenvalue weighted by Crippen LogP contribution is 2.29. The number of aryl methyl sites for hydroxylation is 2. The summed E-state index contributed by atoms with van der Waals surface area (Å²) in [6.45, 7) is 4.09. The minimum absolute atomic E-state index is 0.0998. The molecule has 126 valence electrons. The largest absolute Gasteiger partial charge is 0.507 e. The molecular weight excluding hydrogens is 304 g/mol. The van der Waals surface area contributed by atoms with E-state index in [0.717, 1.165) is 19.3 Å². The zero-order valence-corrected chi connectivity index (χ0v) is 14.0. The van der Waals surface area contributed by atoms with Crippen molar-refractivity contribution < 1.29 is 19.4 Å². The van der Waals surface area contributed by atoms with Crippen LogP contribution in [0.1, 0.15) is 58.5 Å². The van der Waals surface area contributed by atoms with Crippen LogP contribution in [0.25, 0.3) is 0 Å². The predicted octanol–water partition coefficient (Wildman–Crippen LogP) is 4.33. The highest BCUT2D eigenvalue weighted by atomic mass is 16.5.